The highest BCUT2D eigenvalue weighted by molar-refractivity contribution is 6.14. The van der Waals surface area contributed by atoms with Gasteiger partial charge >= 0.3 is 0 Å². The number of carbonyl (C=O) groups excluding carboxylic acids is 1. The fourth-order valence-corrected chi connectivity index (χ4v) is 5.60. The van der Waals surface area contributed by atoms with E-state index in [0.29, 0.717) is 6.61 Å². The zero-order chi connectivity index (χ0) is 25.2. The van der Waals surface area contributed by atoms with E-state index in [-0.39, 0.29) is 5.91 Å². The zero-order valence-electron chi connectivity index (χ0n) is 21.1. The van der Waals surface area contributed by atoms with Crippen molar-refractivity contribution < 1.29 is 9.53 Å². The van der Waals surface area contributed by atoms with Crippen molar-refractivity contribution in [3.63, 3.8) is 0 Å². The monoisotopic (exact) mass is 486 g/mol. The zero-order valence-corrected chi connectivity index (χ0v) is 21.1. The lowest BCUT2D eigenvalue weighted by atomic mass is 9.77. The van der Waals surface area contributed by atoms with Crippen LogP contribution in [0.2, 0.25) is 0 Å². The molecule has 0 saturated carbocycles. The molecule has 2 heterocycles. The van der Waals surface area contributed by atoms with E-state index in [2.05, 4.69) is 43.3 Å². The van der Waals surface area contributed by atoms with Crippen LogP contribution < -0.4 is 9.64 Å². The van der Waals surface area contributed by atoms with Crippen LogP contribution in [0.5, 0.6) is 5.75 Å². The predicted molar refractivity (Wildman–Crippen MR) is 149 cm³/mol. The van der Waals surface area contributed by atoms with Gasteiger partial charge in [0, 0.05) is 35.0 Å². The number of anilines is 1. The second kappa shape index (κ2) is 9.70. The molecule has 0 fully saturated rings. The maximum atomic E-state index is 14.0. The Kier molecular flexibility index (Phi) is 6.09. The van der Waals surface area contributed by atoms with E-state index in [9.17, 15) is 4.79 Å². The number of nitrogens with zero attached hydrogens (tertiary/aromatic N) is 2. The van der Waals surface area contributed by atoms with Crippen molar-refractivity contribution in [1.29, 1.82) is 0 Å². The average molecular weight is 487 g/mol. The van der Waals surface area contributed by atoms with Gasteiger partial charge in [-0.1, -0.05) is 105 Å². The van der Waals surface area contributed by atoms with Crippen LogP contribution in [0.1, 0.15) is 48.4 Å². The lowest BCUT2D eigenvalue weighted by Crippen LogP contribution is -2.42. The van der Waals surface area contributed by atoms with Crippen molar-refractivity contribution in [3.05, 3.63) is 125 Å². The van der Waals surface area contributed by atoms with Gasteiger partial charge in [-0.2, -0.15) is 0 Å². The van der Waals surface area contributed by atoms with Crippen LogP contribution in [0.15, 0.2) is 108 Å². The average Bonchev–Trinajstić information content (AvgIpc) is 3.45. The fourth-order valence-electron chi connectivity index (χ4n) is 5.60. The number of hydrogen-bond acceptors (Lipinski definition) is 3. The van der Waals surface area contributed by atoms with Crippen LogP contribution in [0.4, 0.5) is 11.4 Å². The smallest absolute Gasteiger partial charge is 0.245 e. The summed E-state index contributed by atoms with van der Waals surface area (Å²) < 4.78 is 6.25. The Morgan fingerprint density at radius 1 is 0.838 bits per heavy atom. The number of para-hydroxylation sites is 1. The van der Waals surface area contributed by atoms with E-state index < -0.39 is 5.41 Å². The molecule has 184 valence electrons. The molecule has 0 bridgehead atoms. The van der Waals surface area contributed by atoms with Gasteiger partial charge in [-0.25, -0.2) is 4.99 Å². The maximum Gasteiger partial charge on any atom is 0.245 e. The lowest BCUT2D eigenvalue weighted by Gasteiger charge is -2.23. The van der Waals surface area contributed by atoms with E-state index in [1.807, 2.05) is 71.6 Å². The molecule has 1 unspecified atom stereocenters. The van der Waals surface area contributed by atoms with Gasteiger partial charge in [0.25, 0.3) is 0 Å². The molecule has 1 atom stereocenters. The van der Waals surface area contributed by atoms with Crippen LogP contribution in [0, 0.1) is 0 Å². The molecule has 0 radical (unpaired) electrons. The number of amides is 1. The predicted octanol–water partition coefficient (Wildman–Crippen LogP) is 7.07. The highest BCUT2D eigenvalue weighted by atomic mass is 16.5. The minimum absolute atomic E-state index is 0.120. The minimum atomic E-state index is -0.790. The number of benzene rings is 4. The van der Waals surface area contributed by atoms with Crippen LogP contribution in [-0.4, -0.2) is 24.8 Å². The summed E-state index contributed by atoms with van der Waals surface area (Å²) in [4.78, 5) is 21.0. The van der Waals surface area contributed by atoms with Crippen molar-refractivity contribution in [2.24, 2.45) is 4.99 Å². The molecule has 1 spiro atoms. The Labute approximate surface area is 218 Å². The third-order valence-electron chi connectivity index (χ3n) is 7.45. The van der Waals surface area contributed by atoms with Gasteiger partial charge in [0.05, 0.1) is 11.4 Å². The molecule has 2 aliphatic rings. The summed E-state index contributed by atoms with van der Waals surface area (Å²) in [6.07, 6.45) is 3.23. The largest absolute Gasteiger partial charge is 0.491 e. The lowest BCUT2D eigenvalue weighted by molar-refractivity contribution is -0.122. The number of unbranched alkanes of at least 4 members (excludes halogenated alkanes) is 2. The fraction of sp³-hybridized carbons (Fsp3) is 0.212. The second-order valence-electron chi connectivity index (χ2n) is 9.75. The van der Waals surface area contributed by atoms with E-state index >= 15 is 0 Å². The van der Waals surface area contributed by atoms with Crippen LogP contribution in [0.25, 0.3) is 0 Å². The quantitative estimate of drug-likeness (QED) is 0.207. The molecule has 0 N–H and O–H groups in total. The molecule has 6 rings (SSSR count). The Morgan fingerprint density at radius 2 is 1.51 bits per heavy atom. The molecule has 4 aromatic carbocycles. The van der Waals surface area contributed by atoms with E-state index in [0.717, 1.165) is 70.9 Å². The third-order valence-corrected chi connectivity index (χ3v) is 7.45. The number of carbonyl (C=O) groups is 1. The standard InChI is InChI=1S/C33H30N2O2/c1-2-3-12-21-35-29-18-11-10-17-27(29)33(32(35)36)23-37-30-22-26(19-20-28(30)33)34-31(24-13-6-4-7-14-24)25-15-8-5-9-16-25/h4-11,13-20,22H,2-3,12,21,23H2,1H3. The molecule has 4 aromatic rings. The summed E-state index contributed by atoms with van der Waals surface area (Å²) in [7, 11) is 0. The summed E-state index contributed by atoms with van der Waals surface area (Å²) >= 11 is 0. The molecule has 0 saturated heterocycles. The van der Waals surface area contributed by atoms with E-state index in [1.54, 1.807) is 0 Å². The summed E-state index contributed by atoms with van der Waals surface area (Å²) in [5, 5.41) is 0. The minimum Gasteiger partial charge on any atom is -0.491 e. The first kappa shape index (κ1) is 23.2. The van der Waals surface area contributed by atoms with Crippen molar-refractivity contribution in [2.45, 2.75) is 31.6 Å². The van der Waals surface area contributed by atoms with Crippen molar-refractivity contribution in [1.82, 2.24) is 0 Å². The summed E-state index contributed by atoms with van der Waals surface area (Å²) in [5.41, 5.74) is 6.00. The molecular formula is C33H30N2O2. The van der Waals surface area contributed by atoms with Crippen LogP contribution >= 0.6 is 0 Å². The molecule has 0 aliphatic carbocycles. The maximum absolute atomic E-state index is 14.0. The Morgan fingerprint density at radius 3 is 2.22 bits per heavy atom. The van der Waals surface area contributed by atoms with Crippen molar-refractivity contribution in [2.75, 3.05) is 18.1 Å². The van der Waals surface area contributed by atoms with Gasteiger partial charge in [0.2, 0.25) is 5.91 Å². The first-order chi connectivity index (χ1) is 18.2. The topological polar surface area (TPSA) is 41.9 Å². The van der Waals surface area contributed by atoms with Gasteiger partial charge < -0.3 is 9.64 Å². The Bertz CT molecular complexity index is 1420. The molecule has 37 heavy (non-hydrogen) atoms. The Balaban J connectivity index is 1.41. The molecule has 2 aliphatic heterocycles. The van der Waals surface area contributed by atoms with Crippen molar-refractivity contribution >= 4 is 23.0 Å². The third kappa shape index (κ3) is 3.93. The second-order valence-corrected chi connectivity index (χ2v) is 9.75. The summed E-state index contributed by atoms with van der Waals surface area (Å²) in [5.74, 6) is 0.856. The molecule has 4 heteroatoms. The first-order valence-corrected chi connectivity index (χ1v) is 13.1. The molecule has 1 amide bonds. The number of ether oxygens (including phenoxy) is 1. The summed E-state index contributed by atoms with van der Waals surface area (Å²) in [6.45, 7) is 3.24. The Hall–Kier alpha value is -4.18. The van der Waals surface area contributed by atoms with Crippen LogP contribution in [-0.2, 0) is 10.2 Å². The van der Waals surface area contributed by atoms with Gasteiger partial charge in [-0.15, -0.1) is 0 Å². The molecular weight excluding hydrogens is 456 g/mol. The SMILES string of the molecule is CCCCCN1C(=O)C2(COc3cc(N=C(c4ccccc4)c4ccccc4)ccc32)c2ccccc21. The van der Waals surface area contributed by atoms with E-state index in [1.165, 1.54) is 0 Å². The van der Waals surface area contributed by atoms with Gasteiger partial charge in [0.1, 0.15) is 17.8 Å². The summed E-state index contributed by atoms with van der Waals surface area (Å²) in [6, 6.07) is 34.6. The first-order valence-electron chi connectivity index (χ1n) is 13.1. The number of fused-ring (bicyclic) bond motifs is 4. The highest BCUT2D eigenvalue weighted by Crippen LogP contribution is 2.52. The van der Waals surface area contributed by atoms with Gasteiger partial charge in [-0.05, 0) is 24.1 Å². The number of aliphatic imine (C=N–C) groups is 1. The normalized spacial score (nSPS) is 17.4. The van der Waals surface area contributed by atoms with Crippen LogP contribution in [0.3, 0.4) is 0 Å². The number of hydrogen-bond donors (Lipinski definition) is 0. The highest BCUT2D eigenvalue weighted by Gasteiger charge is 2.56. The van der Waals surface area contributed by atoms with E-state index in [4.69, 9.17) is 9.73 Å². The van der Waals surface area contributed by atoms with Gasteiger partial charge in [-0.3, -0.25) is 4.79 Å². The molecule has 0 aromatic heterocycles. The van der Waals surface area contributed by atoms with Crippen molar-refractivity contribution in [3.8, 4) is 5.75 Å². The molecule has 4 nitrogen and oxygen atoms in total. The van der Waals surface area contributed by atoms with Gasteiger partial charge in [0.15, 0.2) is 0 Å². The number of rotatable bonds is 7.